The summed E-state index contributed by atoms with van der Waals surface area (Å²) in [7, 11) is 0. The Morgan fingerprint density at radius 3 is 2.49 bits per heavy atom. The summed E-state index contributed by atoms with van der Waals surface area (Å²) in [5.41, 5.74) is 6.40. The Labute approximate surface area is 236 Å². The molecule has 5 aromatic rings. The van der Waals surface area contributed by atoms with Gasteiger partial charge in [-0.3, -0.25) is 4.79 Å². The minimum absolute atomic E-state index is 0.105. The maximum absolute atomic E-state index is 13.0. The monoisotopic (exact) mass is 580 g/mol. The molecule has 1 unspecified atom stereocenters. The van der Waals surface area contributed by atoms with Gasteiger partial charge in [0.1, 0.15) is 0 Å². The number of halogens is 1. The van der Waals surface area contributed by atoms with Gasteiger partial charge >= 0.3 is 5.97 Å². The fourth-order valence-corrected chi connectivity index (χ4v) is 5.01. The molecule has 0 spiro atoms. The van der Waals surface area contributed by atoms with E-state index in [4.69, 9.17) is 4.74 Å². The summed E-state index contributed by atoms with van der Waals surface area (Å²) in [4.78, 5) is 25.3. The number of amides is 1. The van der Waals surface area contributed by atoms with Crippen molar-refractivity contribution in [2.24, 2.45) is 0 Å². The Morgan fingerprint density at radius 1 is 0.897 bits per heavy atom. The van der Waals surface area contributed by atoms with Crippen LogP contribution >= 0.6 is 15.9 Å². The van der Waals surface area contributed by atoms with E-state index in [0.29, 0.717) is 24.3 Å². The van der Waals surface area contributed by atoms with Gasteiger partial charge in [-0.15, -0.1) is 0 Å². The number of carbonyl (C=O) groups excluding carboxylic acids is 2. The molecule has 4 aromatic carbocycles. The van der Waals surface area contributed by atoms with Gasteiger partial charge in [0, 0.05) is 33.7 Å². The van der Waals surface area contributed by atoms with Crippen LogP contribution in [-0.4, -0.2) is 23.1 Å². The van der Waals surface area contributed by atoms with Crippen molar-refractivity contribution in [2.75, 3.05) is 6.61 Å². The summed E-state index contributed by atoms with van der Waals surface area (Å²) in [5.74, 6) is -0.425. The number of hydrogen-bond acceptors (Lipinski definition) is 3. The van der Waals surface area contributed by atoms with Gasteiger partial charge in [0.25, 0.3) is 5.91 Å². The zero-order chi connectivity index (χ0) is 27.4. The van der Waals surface area contributed by atoms with Gasteiger partial charge in [-0.1, -0.05) is 64.5 Å². The van der Waals surface area contributed by atoms with Crippen LogP contribution in [0.25, 0.3) is 22.0 Å². The number of ether oxygens (including phenoxy) is 1. The predicted octanol–water partition coefficient (Wildman–Crippen LogP) is 7.79. The zero-order valence-corrected chi connectivity index (χ0v) is 23.4. The van der Waals surface area contributed by atoms with Crippen LogP contribution in [0.4, 0.5) is 0 Å². The highest BCUT2D eigenvalue weighted by Gasteiger charge is 2.14. The molecular formula is C33H29BrN2O3. The van der Waals surface area contributed by atoms with E-state index in [1.807, 2.05) is 92.0 Å². The van der Waals surface area contributed by atoms with E-state index in [1.54, 1.807) is 13.0 Å². The van der Waals surface area contributed by atoms with Gasteiger partial charge in [-0.05, 0) is 84.6 Å². The minimum atomic E-state index is -0.320. The largest absolute Gasteiger partial charge is 0.462 e. The Kier molecular flexibility index (Phi) is 7.94. The molecule has 0 aliphatic rings. The number of esters is 1. The van der Waals surface area contributed by atoms with Crippen molar-refractivity contribution in [2.45, 2.75) is 26.4 Å². The van der Waals surface area contributed by atoms with E-state index < -0.39 is 0 Å². The normalized spacial score (nSPS) is 11.8. The molecule has 0 radical (unpaired) electrons. The lowest BCUT2D eigenvalue weighted by Gasteiger charge is -2.15. The van der Waals surface area contributed by atoms with Gasteiger partial charge in [-0.25, -0.2) is 4.79 Å². The van der Waals surface area contributed by atoms with E-state index >= 15 is 0 Å². The fraction of sp³-hybridized carbons (Fsp3) is 0.152. The molecule has 1 atom stereocenters. The van der Waals surface area contributed by atoms with Crippen LogP contribution < -0.4 is 5.32 Å². The molecule has 0 saturated carbocycles. The maximum Gasteiger partial charge on any atom is 0.338 e. The van der Waals surface area contributed by atoms with Crippen molar-refractivity contribution in [3.63, 3.8) is 0 Å². The first-order valence-electron chi connectivity index (χ1n) is 12.9. The molecule has 0 aliphatic heterocycles. The summed E-state index contributed by atoms with van der Waals surface area (Å²) in [5, 5.41) is 4.10. The average molecular weight is 582 g/mol. The second-order valence-corrected chi connectivity index (χ2v) is 10.3. The van der Waals surface area contributed by atoms with Gasteiger partial charge in [-0.2, -0.15) is 0 Å². The molecule has 0 aliphatic carbocycles. The highest BCUT2D eigenvalue weighted by molar-refractivity contribution is 9.10. The Hall–Kier alpha value is -4.16. The van der Waals surface area contributed by atoms with Gasteiger partial charge < -0.3 is 14.6 Å². The molecule has 39 heavy (non-hydrogen) atoms. The Balaban J connectivity index is 1.36. The second kappa shape index (κ2) is 11.7. The summed E-state index contributed by atoms with van der Waals surface area (Å²) < 4.78 is 8.37. The first-order chi connectivity index (χ1) is 18.9. The molecular weight excluding hydrogens is 552 g/mol. The van der Waals surface area contributed by atoms with E-state index in [0.717, 1.165) is 37.6 Å². The molecule has 5 nitrogen and oxygen atoms in total. The number of aromatic nitrogens is 1. The smallest absolute Gasteiger partial charge is 0.338 e. The van der Waals surface area contributed by atoms with Crippen LogP contribution in [0.2, 0.25) is 0 Å². The molecule has 5 rings (SSSR count). The lowest BCUT2D eigenvalue weighted by atomic mass is 9.98. The predicted molar refractivity (Wildman–Crippen MR) is 159 cm³/mol. The zero-order valence-electron chi connectivity index (χ0n) is 21.9. The van der Waals surface area contributed by atoms with Crippen molar-refractivity contribution in [1.29, 1.82) is 0 Å². The summed E-state index contributed by atoms with van der Waals surface area (Å²) in [6, 6.07) is 31.4. The number of nitrogens with zero attached hydrogens (tertiary/aromatic N) is 1. The average Bonchev–Trinajstić information content (AvgIpc) is 3.35. The van der Waals surface area contributed by atoms with Crippen LogP contribution in [0, 0.1) is 0 Å². The summed E-state index contributed by atoms with van der Waals surface area (Å²) in [6.45, 7) is 4.78. The second-order valence-electron chi connectivity index (χ2n) is 9.42. The van der Waals surface area contributed by atoms with Crippen LogP contribution in [0.1, 0.15) is 51.7 Å². The van der Waals surface area contributed by atoms with Gasteiger partial charge in [0.05, 0.1) is 18.2 Å². The molecule has 1 aromatic heterocycles. The van der Waals surface area contributed by atoms with Crippen LogP contribution in [0.15, 0.2) is 108 Å². The molecule has 0 bridgehead atoms. The van der Waals surface area contributed by atoms with Gasteiger partial charge in [0.2, 0.25) is 0 Å². The summed E-state index contributed by atoms with van der Waals surface area (Å²) >= 11 is 3.45. The maximum atomic E-state index is 13.0. The van der Waals surface area contributed by atoms with Crippen molar-refractivity contribution in [3.8, 4) is 11.1 Å². The number of nitrogens with one attached hydrogen (secondary N) is 1. The molecule has 0 saturated heterocycles. The highest BCUT2D eigenvalue weighted by atomic mass is 79.9. The first-order valence-corrected chi connectivity index (χ1v) is 13.7. The minimum Gasteiger partial charge on any atom is -0.462 e. The van der Waals surface area contributed by atoms with Crippen molar-refractivity contribution in [3.05, 3.63) is 130 Å². The lowest BCUT2D eigenvalue weighted by molar-refractivity contribution is 0.0526. The van der Waals surface area contributed by atoms with Crippen LogP contribution in [-0.2, 0) is 11.3 Å². The molecule has 196 valence electrons. The van der Waals surface area contributed by atoms with E-state index in [1.165, 1.54) is 0 Å². The number of carbonyl (C=O) groups is 2. The third-order valence-electron chi connectivity index (χ3n) is 6.79. The highest BCUT2D eigenvalue weighted by Crippen LogP contribution is 2.27. The quantitative estimate of drug-likeness (QED) is 0.190. The SMILES string of the molecule is CCOC(=O)c1cccc(-c2ccccc2Cn2ccc3cc(C(=O)NC(C)c4ccc(Br)cc4)ccc32)c1. The third kappa shape index (κ3) is 5.96. The number of hydrogen-bond donors (Lipinski definition) is 1. The van der Waals surface area contributed by atoms with Crippen molar-refractivity contribution >= 4 is 38.7 Å². The molecule has 1 N–H and O–H groups in total. The van der Waals surface area contributed by atoms with Crippen molar-refractivity contribution in [1.82, 2.24) is 9.88 Å². The van der Waals surface area contributed by atoms with E-state index in [9.17, 15) is 9.59 Å². The topological polar surface area (TPSA) is 60.3 Å². The van der Waals surface area contributed by atoms with Crippen molar-refractivity contribution < 1.29 is 14.3 Å². The number of rotatable bonds is 8. The van der Waals surface area contributed by atoms with Crippen LogP contribution in [0.5, 0.6) is 0 Å². The molecule has 1 heterocycles. The van der Waals surface area contributed by atoms with Crippen LogP contribution in [0.3, 0.4) is 0 Å². The molecule has 1 amide bonds. The fourth-order valence-electron chi connectivity index (χ4n) is 4.75. The number of benzene rings is 4. The molecule has 6 heteroatoms. The number of fused-ring (bicyclic) bond motifs is 1. The summed E-state index contributed by atoms with van der Waals surface area (Å²) in [6.07, 6.45) is 2.04. The Morgan fingerprint density at radius 2 is 1.69 bits per heavy atom. The Bertz CT molecular complexity index is 1640. The van der Waals surface area contributed by atoms with Gasteiger partial charge in [0.15, 0.2) is 0 Å². The standard InChI is InChI=1S/C33H29BrN2O3/c1-3-39-33(38)27-9-6-8-24(19-27)30-10-5-4-7-28(30)21-36-18-17-25-20-26(13-16-31(25)36)32(37)35-22(2)23-11-14-29(34)15-12-23/h4-20,22H,3,21H2,1-2H3,(H,35,37). The van der Waals surface area contributed by atoms with E-state index in [2.05, 4.69) is 37.9 Å². The lowest BCUT2D eigenvalue weighted by Crippen LogP contribution is -2.26. The third-order valence-corrected chi connectivity index (χ3v) is 7.32. The first kappa shape index (κ1) is 26.4. The van der Waals surface area contributed by atoms with E-state index in [-0.39, 0.29) is 17.9 Å². The molecule has 0 fully saturated rings.